The van der Waals surface area contributed by atoms with Crippen LogP contribution >= 0.6 is 0 Å². The second-order valence-corrected chi connectivity index (χ2v) is 6.79. The van der Waals surface area contributed by atoms with Crippen LogP contribution in [0.5, 0.6) is 0 Å². The van der Waals surface area contributed by atoms with E-state index < -0.39 is 0 Å². The van der Waals surface area contributed by atoms with Gasteiger partial charge in [-0.3, -0.25) is 5.32 Å². The summed E-state index contributed by atoms with van der Waals surface area (Å²) >= 11 is 0. The molecule has 1 N–H and O–H groups in total. The van der Waals surface area contributed by atoms with E-state index in [0.717, 1.165) is 12.8 Å². The molecule has 0 unspecified atom stereocenters. The zero-order valence-electron chi connectivity index (χ0n) is 11.7. The van der Waals surface area contributed by atoms with Gasteiger partial charge in [-0.05, 0) is 39.2 Å². The molecular weight excluding hydrogens is 220 g/mol. The summed E-state index contributed by atoms with van der Waals surface area (Å²) in [6, 6.07) is 12.9. The van der Waals surface area contributed by atoms with Gasteiger partial charge < -0.3 is 0 Å². The monoisotopic (exact) mass is 242 g/mol. The number of nitrogens with zero attached hydrogens (tertiary/aromatic N) is 1. The predicted octanol–water partition coefficient (Wildman–Crippen LogP) is 3.29. The SMILES string of the molecule is CC(C)(C)N[C@@]1(C#N)C[C@]1(C)Cc1ccccc1. The molecular formula is C16H22N2. The first-order valence-corrected chi connectivity index (χ1v) is 6.55. The Balaban J connectivity index is 2.13. The van der Waals surface area contributed by atoms with Crippen LogP contribution in [-0.2, 0) is 6.42 Å². The smallest absolute Gasteiger partial charge is 0.113 e. The molecule has 1 aromatic carbocycles. The van der Waals surface area contributed by atoms with Crippen molar-refractivity contribution in [3.8, 4) is 6.07 Å². The minimum atomic E-state index is -0.360. The van der Waals surface area contributed by atoms with Crippen LogP contribution in [0.2, 0.25) is 0 Å². The van der Waals surface area contributed by atoms with E-state index in [0.29, 0.717) is 0 Å². The van der Waals surface area contributed by atoms with E-state index in [1.165, 1.54) is 5.56 Å². The molecule has 0 radical (unpaired) electrons. The van der Waals surface area contributed by atoms with Gasteiger partial charge >= 0.3 is 0 Å². The van der Waals surface area contributed by atoms with Crippen LogP contribution in [0.25, 0.3) is 0 Å². The average molecular weight is 242 g/mol. The van der Waals surface area contributed by atoms with Gasteiger partial charge in [0.15, 0.2) is 0 Å². The molecule has 0 heterocycles. The third kappa shape index (κ3) is 2.42. The lowest BCUT2D eigenvalue weighted by Gasteiger charge is -2.28. The van der Waals surface area contributed by atoms with Gasteiger partial charge in [-0.2, -0.15) is 5.26 Å². The van der Waals surface area contributed by atoms with Crippen molar-refractivity contribution in [2.75, 3.05) is 0 Å². The highest BCUT2D eigenvalue weighted by atomic mass is 15.1. The number of rotatable bonds is 3. The number of nitrogens with one attached hydrogen (secondary N) is 1. The topological polar surface area (TPSA) is 35.8 Å². The molecule has 2 rings (SSSR count). The molecule has 0 bridgehead atoms. The molecule has 1 saturated carbocycles. The number of nitriles is 1. The van der Waals surface area contributed by atoms with Crippen LogP contribution in [0, 0.1) is 16.7 Å². The van der Waals surface area contributed by atoms with Crippen molar-refractivity contribution >= 4 is 0 Å². The molecule has 0 aliphatic heterocycles. The van der Waals surface area contributed by atoms with Crippen molar-refractivity contribution in [3.63, 3.8) is 0 Å². The fourth-order valence-electron chi connectivity index (χ4n) is 2.84. The Hall–Kier alpha value is -1.33. The highest BCUT2D eigenvalue weighted by Gasteiger charge is 2.65. The van der Waals surface area contributed by atoms with Gasteiger partial charge in [0.25, 0.3) is 0 Å². The fourth-order valence-corrected chi connectivity index (χ4v) is 2.84. The zero-order valence-corrected chi connectivity index (χ0v) is 11.7. The molecule has 2 nitrogen and oxygen atoms in total. The van der Waals surface area contributed by atoms with Gasteiger partial charge in [0, 0.05) is 11.0 Å². The Morgan fingerprint density at radius 2 is 1.89 bits per heavy atom. The molecule has 1 aliphatic carbocycles. The predicted molar refractivity (Wildman–Crippen MR) is 74.1 cm³/mol. The third-order valence-corrected chi connectivity index (χ3v) is 3.78. The van der Waals surface area contributed by atoms with E-state index in [9.17, 15) is 5.26 Å². The van der Waals surface area contributed by atoms with Crippen molar-refractivity contribution in [3.05, 3.63) is 35.9 Å². The maximum absolute atomic E-state index is 9.52. The first-order chi connectivity index (χ1) is 8.30. The van der Waals surface area contributed by atoms with Crippen LogP contribution in [0.1, 0.15) is 39.7 Å². The Bertz CT molecular complexity index is 466. The molecule has 0 saturated heterocycles. The molecule has 2 atom stereocenters. The number of hydrogen-bond donors (Lipinski definition) is 1. The molecule has 1 aromatic rings. The zero-order chi connectivity index (χ0) is 13.4. The summed E-state index contributed by atoms with van der Waals surface area (Å²) in [5, 5.41) is 13.0. The van der Waals surface area contributed by atoms with Gasteiger partial charge in [-0.25, -0.2) is 0 Å². The molecule has 18 heavy (non-hydrogen) atoms. The first-order valence-electron chi connectivity index (χ1n) is 6.55. The Morgan fingerprint density at radius 1 is 1.28 bits per heavy atom. The van der Waals surface area contributed by atoms with Crippen LogP contribution in [0.15, 0.2) is 30.3 Å². The quantitative estimate of drug-likeness (QED) is 0.883. The van der Waals surface area contributed by atoms with Gasteiger partial charge in [-0.1, -0.05) is 37.3 Å². The van der Waals surface area contributed by atoms with Crippen LogP contribution < -0.4 is 5.32 Å². The minimum absolute atomic E-state index is 0.0236. The van der Waals surface area contributed by atoms with E-state index in [2.05, 4.69) is 63.3 Å². The lowest BCUT2D eigenvalue weighted by molar-refractivity contribution is 0.334. The molecule has 0 amide bonds. The van der Waals surface area contributed by atoms with E-state index in [-0.39, 0.29) is 16.5 Å². The van der Waals surface area contributed by atoms with E-state index in [1.807, 2.05) is 6.07 Å². The van der Waals surface area contributed by atoms with Crippen molar-refractivity contribution in [2.24, 2.45) is 5.41 Å². The Morgan fingerprint density at radius 3 is 2.39 bits per heavy atom. The average Bonchev–Trinajstić information content (AvgIpc) is 2.82. The van der Waals surface area contributed by atoms with Crippen molar-refractivity contribution in [1.29, 1.82) is 5.26 Å². The molecule has 2 heteroatoms. The highest BCUT2D eigenvalue weighted by molar-refractivity contribution is 5.35. The van der Waals surface area contributed by atoms with Crippen molar-refractivity contribution in [2.45, 2.75) is 51.6 Å². The maximum atomic E-state index is 9.52. The van der Waals surface area contributed by atoms with Gasteiger partial charge in [-0.15, -0.1) is 0 Å². The van der Waals surface area contributed by atoms with Crippen LogP contribution in [0.4, 0.5) is 0 Å². The Labute approximate surface area is 110 Å². The molecule has 0 spiro atoms. The third-order valence-electron chi connectivity index (χ3n) is 3.78. The molecule has 1 aliphatic rings. The van der Waals surface area contributed by atoms with Gasteiger partial charge in [0.1, 0.15) is 5.54 Å². The highest BCUT2D eigenvalue weighted by Crippen LogP contribution is 2.58. The second-order valence-electron chi connectivity index (χ2n) is 6.79. The summed E-state index contributed by atoms with van der Waals surface area (Å²) in [6.45, 7) is 8.57. The normalized spacial score (nSPS) is 30.8. The molecule has 0 aromatic heterocycles. The van der Waals surface area contributed by atoms with Gasteiger partial charge in [0.05, 0.1) is 6.07 Å². The number of hydrogen-bond acceptors (Lipinski definition) is 2. The summed E-state index contributed by atoms with van der Waals surface area (Å²) in [4.78, 5) is 0. The largest absolute Gasteiger partial charge is 0.294 e. The first kappa shape index (κ1) is 13.1. The summed E-state index contributed by atoms with van der Waals surface area (Å²) in [7, 11) is 0. The molecule has 1 fully saturated rings. The lowest BCUT2D eigenvalue weighted by atomic mass is 9.92. The summed E-state index contributed by atoms with van der Waals surface area (Å²) in [5.74, 6) is 0. The number of benzene rings is 1. The Kier molecular flexibility index (Phi) is 2.99. The summed E-state index contributed by atoms with van der Waals surface area (Å²) in [5.41, 5.74) is 0.981. The van der Waals surface area contributed by atoms with Crippen molar-refractivity contribution in [1.82, 2.24) is 5.32 Å². The van der Waals surface area contributed by atoms with Crippen LogP contribution in [0.3, 0.4) is 0 Å². The van der Waals surface area contributed by atoms with E-state index in [4.69, 9.17) is 0 Å². The van der Waals surface area contributed by atoms with Crippen LogP contribution in [-0.4, -0.2) is 11.1 Å². The van der Waals surface area contributed by atoms with Gasteiger partial charge in [0.2, 0.25) is 0 Å². The fraction of sp³-hybridized carbons (Fsp3) is 0.562. The minimum Gasteiger partial charge on any atom is -0.294 e. The van der Waals surface area contributed by atoms with E-state index in [1.54, 1.807) is 0 Å². The summed E-state index contributed by atoms with van der Waals surface area (Å²) < 4.78 is 0. The summed E-state index contributed by atoms with van der Waals surface area (Å²) in [6.07, 6.45) is 1.90. The van der Waals surface area contributed by atoms with Crippen molar-refractivity contribution < 1.29 is 0 Å². The second kappa shape index (κ2) is 4.10. The maximum Gasteiger partial charge on any atom is 0.113 e. The standard InChI is InChI=1S/C16H22N2/c1-14(2,3)18-16(12-17)11-15(16,4)10-13-8-6-5-7-9-13/h5-9,18H,10-11H2,1-4H3/t15-,16+/m0/s1. The van der Waals surface area contributed by atoms with E-state index >= 15 is 0 Å². The lowest BCUT2D eigenvalue weighted by Crippen LogP contribution is -2.47. The molecule has 96 valence electrons.